The lowest BCUT2D eigenvalue weighted by atomic mass is 10.1. The molecule has 80 valence electrons. The summed E-state index contributed by atoms with van der Waals surface area (Å²) >= 11 is 4.77. The summed E-state index contributed by atoms with van der Waals surface area (Å²) in [5, 5.41) is 13.2. The standard InChI is InChI=1S/C10H11BrN2OS/c1-2-8(3-4-12)13-10(14)7-5-9(11)15-6-7/h5-6,8H,2-3H2,1H3,(H,13,14). The van der Waals surface area contributed by atoms with Crippen molar-refractivity contribution >= 4 is 33.2 Å². The van der Waals surface area contributed by atoms with E-state index in [9.17, 15) is 4.79 Å². The first-order valence-electron chi connectivity index (χ1n) is 4.59. The molecule has 1 N–H and O–H groups in total. The predicted molar refractivity (Wildman–Crippen MR) is 63.8 cm³/mol. The summed E-state index contributed by atoms with van der Waals surface area (Å²) in [5.74, 6) is -0.112. The topological polar surface area (TPSA) is 52.9 Å². The zero-order chi connectivity index (χ0) is 11.3. The molecule has 1 aromatic rings. The van der Waals surface area contributed by atoms with Gasteiger partial charge in [-0.05, 0) is 28.4 Å². The number of thiophene rings is 1. The Hall–Kier alpha value is -0.860. The van der Waals surface area contributed by atoms with E-state index in [0.29, 0.717) is 12.0 Å². The molecule has 3 nitrogen and oxygen atoms in total. The highest BCUT2D eigenvalue weighted by Gasteiger charge is 2.12. The van der Waals surface area contributed by atoms with Gasteiger partial charge in [0.15, 0.2) is 0 Å². The van der Waals surface area contributed by atoms with Crippen LogP contribution < -0.4 is 5.32 Å². The molecule has 0 fully saturated rings. The number of nitriles is 1. The Bertz CT molecular complexity index is 383. The van der Waals surface area contributed by atoms with E-state index in [4.69, 9.17) is 5.26 Å². The van der Waals surface area contributed by atoms with Crippen molar-refractivity contribution in [2.75, 3.05) is 0 Å². The highest BCUT2D eigenvalue weighted by Crippen LogP contribution is 2.20. The number of hydrogen-bond donors (Lipinski definition) is 1. The molecule has 1 unspecified atom stereocenters. The van der Waals surface area contributed by atoms with Crippen LogP contribution in [0.1, 0.15) is 30.1 Å². The summed E-state index contributed by atoms with van der Waals surface area (Å²) in [5.41, 5.74) is 0.642. The number of rotatable bonds is 4. The van der Waals surface area contributed by atoms with Crippen LogP contribution in [0.5, 0.6) is 0 Å². The Morgan fingerprint density at radius 2 is 2.53 bits per heavy atom. The van der Waals surface area contributed by atoms with Crippen molar-refractivity contribution < 1.29 is 4.79 Å². The van der Waals surface area contributed by atoms with Gasteiger partial charge in [0.05, 0.1) is 21.8 Å². The molecule has 0 aliphatic heterocycles. The van der Waals surface area contributed by atoms with Crippen molar-refractivity contribution in [1.82, 2.24) is 5.32 Å². The SMILES string of the molecule is CCC(CC#N)NC(=O)c1csc(Br)c1. The first kappa shape index (κ1) is 12.2. The van der Waals surface area contributed by atoms with E-state index in [0.717, 1.165) is 10.2 Å². The largest absolute Gasteiger partial charge is 0.348 e. The summed E-state index contributed by atoms with van der Waals surface area (Å²) in [6.07, 6.45) is 1.12. The zero-order valence-corrected chi connectivity index (χ0v) is 10.7. The minimum Gasteiger partial charge on any atom is -0.348 e. The Labute approximate surface area is 101 Å². The monoisotopic (exact) mass is 286 g/mol. The number of carbonyl (C=O) groups excluding carboxylic acids is 1. The van der Waals surface area contributed by atoms with Gasteiger partial charge in [-0.2, -0.15) is 5.26 Å². The number of hydrogen-bond acceptors (Lipinski definition) is 3. The van der Waals surface area contributed by atoms with Gasteiger partial charge >= 0.3 is 0 Å². The van der Waals surface area contributed by atoms with E-state index in [1.807, 2.05) is 6.92 Å². The minimum atomic E-state index is -0.112. The van der Waals surface area contributed by atoms with Crippen molar-refractivity contribution in [2.24, 2.45) is 0 Å². The molecule has 0 aromatic carbocycles. The molecule has 1 rings (SSSR count). The molecule has 1 amide bonds. The van der Waals surface area contributed by atoms with E-state index < -0.39 is 0 Å². The van der Waals surface area contributed by atoms with E-state index in [2.05, 4.69) is 27.3 Å². The minimum absolute atomic E-state index is 0.0545. The molecular formula is C10H11BrN2OS. The predicted octanol–water partition coefficient (Wildman–Crippen LogP) is 2.93. The number of carbonyl (C=O) groups is 1. The number of nitrogens with one attached hydrogen (secondary N) is 1. The van der Waals surface area contributed by atoms with Gasteiger partial charge in [0.2, 0.25) is 0 Å². The number of amides is 1. The Morgan fingerprint density at radius 1 is 1.80 bits per heavy atom. The highest BCUT2D eigenvalue weighted by atomic mass is 79.9. The number of halogens is 1. The van der Waals surface area contributed by atoms with Crippen molar-refractivity contribution in [2.45, 2.75) is 25.8 Å². The second-order valence-corrected chi connectivity index (χ2v) is 5.37. The van der Waals surface area contributed by atoms with Gasteiger partial charge in [-0.25, -0.2) is 0 Å². The molecule has 1 aromatic heterocycles. The fourth-order valence-corrected chi connectivity index (χ4v) is 2.24. The average Bonchev–Trinajstić information content (AvgIpc) is 2.64. The third-order valence-corrected chi connectivity index (χ3v) is 3.50. The maximum absolute atomic E-state index is 11.7. The van der Waals surface area contributed by atoms with Gasteiger partial charge in [-0.1, -0.05) is 6.92 Å². The lowest BCUT2D eigenvalue weighted by Gasteiger charge is -2.12. The van der Waals surface area contributed by atoms with Gasteiger partial charge in [-0.3, -0.25) is 4.79 Å². The van der Waals surface area contributed by atoms with Crippen LogP contribution in [0.3, 0.4) is 0 Å². The normalized spacial score (nSPS) is 11.8. The second kappa shape index (κ2) is 5.89. The smallest absolute Gasteiger partial charge is 0.252 e. The summed E-state index contributed by atoms with van der Waals surface area (Å²) in [6, 6.07) is 3.78. The van der Waals surface area contributed by atoms with Crippen molar-refractivity contribution in [1.29, 1.82) is 5.26 Å². The molecule has 0 radical (unpaired) electrons. The molecule has 5 heteroatoms. The van der Waals surface area contributed by atoms with Gasteiger partial charge in [0.25, 0.3) is 5.91 Å². The fraction of sp³-hybridized carbons (Fsp3) is 0.400. The lowest BCUT2D eigenvalue weighted by molar-refractivity contribution is 0.0937. The summed E-state index contributed by atoms with van der Waals surface area (Å²) in [4.78, 5) is 11.7. The highest BCUT2D eigenvalue weighted by molar-refractivity contribution is 9.11. The molecule has 0 aliphatic carbocycles. The van der Waals surface area contributed by atoms with Gasteiger partial charge in [-0.15, -0.1) is 11.3 Å². The van der Waals surface area contributed by atoms with Crippen LogP contribution in [-0.4, -0.2) is 11.9 Å². The first-order valence-corrected chi connectivity index (χ1v) is 6.26. The second-order valence-electron chi connectivity index (χ2n) is 3.08. The molecule has 1 atom stereocenters. The van der Waals surface area contributed by atoms with Crippen LogP contribution in [0.15, 0.2) is 15.2 Å². The lowest BCUT2D eigenvalue weighted by Crippen LogP contribution is -2.33. The quantitative estimate of drug-likeness (QED) is 0.925. The first-order chi connectivity index (χ1) is 7.17. The third-order valence-electron chi connectivity index (χ3n) is 2.00. The molecule has 1 heterocycles. The average molecular weight is 287 g/mol. The zero-order valence-electron chi connectivity index (χ0n) is 8.29. The van der Waals surface area contributed by atoms with Crippen molar-refractivity contribution in [3.63, 3.8) is 0 Å². The molecule has 0 bridgehead atoms. The Balaban J connectivity index is 2.59. The number of nitrogens with zero attached hydrogens (tertiary/aromatic N) is 1. The van der Waals surface area contributed by atoms with Crippen LogP contribution in [0.2, 0.25) is 0 Å². The molecular weight excluding hydrogens is 276 g/mol. The molecule has 0 saturated carbocycles. The van der Waals surface area contributed by atoms with Crippen LogP contribution in [0.25, 0.3) is 0 Å². The van der Waals surface area contributed by atoms with Gasteiger partial charge in [0.1, 0.15) is 0 Å². The van der Waals surface area contributed by atoms with Crippen LogP contribution >= 0.6 is 27.3 Å². The Morgan fingerprint density at radius 3 is 3.00 bits per heavy atom. The molecule has 15 heavy (non-hydrogen) atoms. The molecule has 0 saturated heterocycles. The van der Waals surface area contributed by atoms with Crippen molar-refractivity contribution in [3.8, 4) is 6.07 Å². The van der Waals surface area contributed by atoms with Crippen LogP contribution in [-0.2, 0) is 0 Å². The maximum Gasteiger partial charge on any atom is 0.252 e. The van der Waals surface area contributed by atoms with E-state index >= 15 is 0 Å². The fourth-order valence-electron chi connectivity index (χ4n) is 1.11. The molecule has 0 spiro atoms. The van der Waals surface area contributed by atoms with E-state index in [1.54, 1.807) is 11.4 Å². The van der Waals surface area contributed by atoms with E-state index in [1.165, 1.54) is 11.3 Å². The van der Waals surface area contributed by atoms with Crippen LogP contribution in [0.4, 0.5) is 0 Å². The molecule has 0 aliphatic rings. The van der Waals surface area contributed by atoms with Crippen LogP contribution in [0, 0.1) is 11.3 Å². The maximum atomic E-state index is 11.7. The van der Waals surface area contributed by atoms with Gasteiger partial charge in [0, 0.05) is 11.4 Å². The summed E-state index contributed by atoms with van der Waals surface area (Å²) < 4.78 is 0.931. The summed E-state index contributed by atoms with van der Waals surface area (Å²) in [7, 11) is 0. The van der Waals surface area contributed by atoms with Crippen molar-refractivity contribution in [3.05, 3.63) is 20.8 Å². The summed E-state index contributed by atoms with van der Waals surface area (Å²) in [6.45, 7) is 1.95. The van der Waals surface area contributed by atoms with E-state index in [-0.39, 0.29) is 11.9 Å². The third kappa shape index (κ3) is 3.65. The Kier molecular flexibility index (Phi) is 4.79. The van der Waals surface area contributed by atoms with Gasteiger partial charge < -0.3 is 5.32 Å².